The first-order chi connectivity index (χ1) is 18.3. The normalized spacial score (nSPS) is 12.5. The van der Waals surface area contributed by atoms with Crippen molar-refractivity contribution in [1.29, 1.82) is 0 Å². The van der Waals surface area contributed by atoms with Gasteiger partial charge in [-0.05, 0) is 63.9 Å². The molecule has 0 fully saturated rings. The highest BCUT2D eigenvalue weighted by atomic mass is 35.5. The Kier molecular flexibility index (Phi) is 10.0. The van der Waals surface area contributed by atoms with E-state index in [4.69, 9.17) is 23.2 Å². The molecular weight excluding hydrogens is 557 g/mol. The predicted octanol–water partition coefficient (Wildman–Crippen LogP) is 5.56. The lowest BCUT2D eigenvalue weighted by molar-refractivity contribution is -0.139. The van der Waals surface area contributed by atoms with Gasteiger partial charge in [-0.1, -0.05) is 77.8 Å². The summed E-state index contributed by atoms with van der Waals surface area (Å²) in [4.78, 5) is 28.4. The number of rotatable bonds is 10. The fourth-order valence-corrected chi connectivity index (χ4v) is 5.86. The monoisotopic (exact) mass is 589 g/mol. The topological polar surface area (TPSA) is 86.8 Å². The highest BCUT2D eigenvalue weighted by molar-refractivity contribution is 7.92. The Balaban J connectivity index is 2.01. The van der Waals surface area contributed by atoms with E-state index < -0.39 is 34.1 Å². The Labute approximate surface area is 240 Å². The molecule has 3 aromatic rings. The molecule has 10 heteroatoms. The minimum Gasteiger partial charge on any atom is -0.350 e. The number of nitrogens with zero attached hydrogens (tertiary/aromatic N) is 2. The zero-order chi connectivity index (χ0) is 28.8. The zero-order valence-electron chi connectivity index (χ0n) is 22.4. The lowest BCUT2D eigenvalue weighted by atomic mass is 10.1. The lowest BCUT2D eigenvalue weighted by Crippen LogP contribution is -2.55. The van der Waals surface area contributed by atoms with E-state index in [1.165, 1.54) is 29.2 Å². The maximum atomic E-state index is 13.9. The van der Waals surface area contributed by atoms with Gasteiger partial charge in [0.25, 0.3) is 10.0 Å². The van der Waals surface area contributed by atoms with Gasteiger partial charge in [-0.25, -0.2) is 8.42 Å². The lowest BCUT2D eigenvalue weighted by Gasteiger charge is -2.33. The van der Waals surface area contributed by atoms with Gasteiger partial charge in [-0.2, -0.15) is 0 Å². The largest absolute Gasteiger partial charge is 0.350 e. The number of amides is 2. The highest BCUT2D eigenvalue weighted by Gasteiger charge is 2.34. The predicted molar refractivity (Wildman–Crippen MR) is 157 cm³/mol. The quantitative estimate of drug-likeness (QED) is 0.335. The van der Waals surface area contributed by atoms with Gasteiger partial charge in [0.15, 0.2) is 0 Å². The van der Waals surface area contributed by atoms with E-state index in [2.05, 4.69) is 5.32 Å². The fraction of sp³-hybridized carbons (Fsp3) is 0.310. The number of carbonyl (C=O) groups excluding carboxylic acids is 2. The van der Waals surface area contributed by atoms with Gasteiger partial charge in [0.05, 0.1) is 20.6 Å². The Morgan fingerprint density at radius 2 is 1.49 bits per heavy atom. The number of hydrogen-bond acceptors (Lipinski definition) is 4. The fourth-order valence-electron chi connectivity index (χ4n) is 3.96. The maximum absolute atomic E-state index is 13.9. The summed E-state index contributed by atoms with van der Waals surface area (Å²) in [7, 11) is -4.22. The molecule has 0 aliphatic heterocycles. The van der Waals surface area contributed by atoms with Crippen LogP contribution in [-0.2, 0) is 26.0 Å². The molecule has 208 valence electrons. The van der Waals surface area contributed by atoms with Crippen LogP contribution in [0.25, 0.3) is 0 Å². The van der Waals surface area contributed by atoms with Crippen LogP contribution in [-0.4, -0.2) is 49.8 Å². The van der Waals surface area contributed by atoms with Crippen LogP contribution in [0.4, 0.5) is 5.69 Å². The van der Waals surface area contributed by atoms with Crippen molar-refractivity contribution in [3.8, 4) is 0 Å². The van der Waals surface area contributed by atoms with Crippen LogP contribution in [0, 0.1) is 0 Å². The van der Waals surface area contributed by atoms with E-state index >= 15 is 0 Å². The number of nitrogens with one attached hydrogen (secondary N) is 1. The number of hydrogen-bond donors (Lipinski definition) is 1. The Morgan fingerprint density at radius 3 is 2.08 bits per heavy atom. The summed E-state index contributed by atoms with van der Waals surface area (Å²) in [6.45, 7) is 6.80. The van der Waals surface area contributed by atoms with Crippen LogP contribution >= 0.6 is 23.2 Å². The van der Waals surface area contributed by atoms with Crippen molar-refractivity contribution in [2.24, 2.45) is 0 Å². The van der Waals surface area contributed by atoms with Crippen molar-refractivity contribution >= 4 is 50.7 Å². The molecule has 39 heavy (non-hydrogen) atoms. The average Bonchev–Trinajstić information content (AvgIpc) is 2.89. The molecule has 1 N–H and O–H groups in total. The molecule has 0 spiro atoms. The molecule has 0 radical (unpaired) electrons. The van der Waals surface area contributed by atoms with E-state index in [-0.39, 0.29) is 33.1 Å². The molecular formula is C29H33Cl2N3O4S. The molecule has 7 nitrogen and oxygen atoms in total. The first-order valence-corrected chi connectivity index (χ1v) is 14.7. The summed E-state index contributed by atoms with van der Waals surface area (Å²) in [6, 6.07) is 21.0. The highest BCUT2D eigenvalue weighted by Crippen LogP contribution is 2.35. The summed E-state index contributed by atoms with van der Waals surface area (Å²) in [6.07, 6.45) is 0.475. The van der Waals surface area contributed by atoms with Crippen molar-refractivity contribution in [3.63, 3.8) is 0 Å². The molecule has 0 saturated heterocycles. The van der Waals surface area contributed by atoms with Gasteiger partial charge in [0, 0.05) is 12.1 Å². The Morgan fingerprint density at radius 1 is 0.897 bits per heavy atom. The van der Waals surface area contributed by atoms with Gasteiger partial charge in [0.1, 0.15) is 12.6 Å². The first kappa shape index (κ1) is 30.5. The van der Waals surface area contributed by atoms with Crippen molar-refractivity contribution < 1.29 is 18.0 Å². The minimum absolute atomic E-state index is 0.000771. The summed E-state index contributed by atoms with van der Waals surface area (Å²) in [5.74, 6) is -0.903. The molecule has 1 atom stereocenters. The van der Waals surface area contributed by atoms with Crippen LogP contribution in [0.15, 0.2) is 83.8 Å². The van der Waals surface area contributed by atoms with Crippen LogP contribution in [0.5, 0.6) is 0 Å². The van der Waals surface area contributed by atoms with Crippen molar-refractivity contribution in [2.75, 3.05) is 17.4 Å². The third-order valence-electron chi connectivity index (χ3n) is 5.96. The number of carbonyl (C=O) groups is 2. The number of anilines is 1. The summed E-state index contributed by atoms with van der Waals surface area (Å²) >= 11 is 12.7. The Hall–Kier alpha value is -3.07. The molecule has 0 bridgehead atoms. The van der Waals surface area contributed by atoms with Crippen LogP contribution < -0.4 is 9.62 Å². The van der Waals surface area contributed by atoms with E-state index in [0.717, 1.165) is 9.87 Å². The summed E-state index contributed by atoms with van der Waals surface area (Å²) < 4.78 is 28.5. The zero-order valence-corrected chi connectivity index (χ0v) is 24.7. The molecule has 3 aromatic carbocycles. The standard InChI is InChI=1S/C29H33Cl2N3O4S/c1-21(28(36)32-29(2,3)4)33(19-18-22-12-7-5-8-13-22)26(35)20-34(25-17-11-16-24(30)27(25)31)39(37,38)23-14-9-6-10-15-23/h5-17,21H,18-20H2,1-4H3,(H,32,36)/t21-/m1/s1. The minimum atomic E-state index is -4.22. The first-order valence-electron chi connectivity index (χ1n) is 12.5. The molecule has 0 aliphatic rings. The van der Waals surface area contributed by atoms with E-state index in [1.54, 1.807) is 31.2 Å². The van der Waals surface area contributed by atoms with Crippen LogP contribution in [0.1, 0.15) is 33.3 Å². The SMILES string of the molecule is C[C@H](C(=O)NC(C)(C)C)N(CCc1ccccc1)C(=O)CN(c1cccc(Cl)c1Cl)S(=O)(=O)c1ccccc1. The summed E-state index contributed by atoms with van der Waals surface area (Å²) in [5, 5.41) is 3.05. The molecule has 0 aliphatic carbocycles. The third kappa shape index (κ3) is 7.97. The van der Waals surface area contributed by atoms with E-state index in [0.29, 0.717) is 6.42 Å². The maximum Gasteiger partial charge on any atom is 0.264 e. The third-order valence-corrected chi connectivity index (χ3v) is 8.54. The van der Waals surface area contributed by atoms with Crippen molar-refractivity contribution in [1.82, 2.24) is 10.2 Å². The molecule has 0 unspecified atom stereocenters. The van der Waals surface area contributed by atoms with Gasteiger partial charge < -0.3 is 10.2 Å². The molecule has 0 aromatic heterocycles. The van der Waals surface area contributed by atoms with E-state index in [1.807, 2.05) is 51.1 Å². The number of benzene rings is 3. The second-order valence-corrected chi connectivity index (χ2v) is 12.8. The van der Waals surface area contributed by atoms with Gasteiger partial charge >= 0.3 is 0 Å². The van der Waals surface area contributed by atoms with Crippen LogP contribution in [0.2, 0.25) is 10.0 Å². The number of halogens is 2. The van der Waals surface area contributed by atoms with Gasteiger partial charge in [0.2, 0.25) is 11.8 Å². The van der Waals surface area contributed by atoms with Crippen molar-refractivity contribution in [3.05, 3.63) is 94.5 Å². The van der Waals surface area contributed by atoms with Crippen LogP contribution in [0.3, 0.4) is 0 Å². The molecule has 3 rings (SSSR count). The molecule has 2 amide bonds. The van der Waals surface area contributed by atoms with Gasteiger partial charge in [-0.3, -0.25) is 13.9 Å². The van der Waals surface area contributed by atoms with Crippen molar-refractivity contribution in [2.45, 2.75) is 50.6 Å². The average molecular weight is 591 g/mol. The number of sulfonamides is 1. The molecule has 0 saturated carbocycles. The molecule has 0 heterocycles. The Bertz CT molecular complexity index is 1400. The second-order valence-electron chi connectivity index (χ2n) is 10.1. The smallest absolute Gasteiger partial charge is 0.264 e. The van der Waals surface area contributed by atoms with E-state index in [9.17, 15) is 18.0 Å². The van der Waals surface area contributed by atoms with Gasteiger partial charge in [-0.15, -0.1) is 0 Å². The summed E-state index contributed by atoms with van der Waals surface area (Å²) in [5.41, 5.74) is 0.526. The second kappa shape index (κ2) is 12.9.